The van der Waals surface area contributed by atoms with Crippen LogP contribution in [0.1, 0.15) is 90.0 Å². The second-order valence-electron chi connectivity index (χ2n) is 10.1. The third kappa shape index (κ3) is 7.93. The minimum atomic E-state index is -0.964. The molecule has 1 fully saturated rings. The van der Waals surface area contributed by atoms with Crippen molar-refractivity contribution in [3.8, 4) is 0 Å². The highest BCUT2D eigenvalue weighted by Gasteiger charge is 2.20. The fourth-order valence-electron chi connectivity index (χ4n) is 5.13. The Morgan fingerprint density at radius 1 is 0.897 bits per heavy atom. The normalized spacial score (nSPS) is 14.3. The molecule has 1 unspecified atom stereocenters. The van der Waals surface area contributed by atoms with E-state index in [1.54, 1.807) is 12.1 Å². The van der Waals surface area contributed by atoms with Gasteiger partial charge in [-0.3, -0.25) is 9.59 Å². The van der Waals surface area contributed by atoms with E-state index in [9.17, 15) is 14.4 Å². The summed E-state index contributed by atoms with van der Waals surface area (Å²) in [6.45, 7) is 2.13. The number of aliphatic carboxylic acids is 1. The average molecular weight is 528 g/mol. The number of anilines is 1. The second-order valence-corrected chi connectivity index (χ2v) is 10.1. The lowest BCUT2D eigenvalue weighted by atomic mass is 9.83. The molecule has 1 aliphatic rings. The van der Waals surface area contributed by atoms with E-state index in [2.05, 4.69) is 47.1 Å². The van der Waals surface area contributed by atoms with Crippen molar-refractivity contribution in [1.82, 2.24) is 10.6 Å². The first-order valence-corrected chi connectivity index (χ1v) is 13.8. The Bertz CT molecular complexity index is 1270. The van der Waals surface area contributed by atoms with Gasteiger partial charge in [0.2, 0.25) is 0 Å². The molecule has 4 rings (SSSR count). The van der Waals surface area contributed by atoms with Gasteiger partial charge in [-0.2, -0.15) is 0 Å². The van der Waals surface area contributed by atoms with Crippen molar-refractivity contribution in [3.63, 3.8) is 0 Å². The average Bonchev–Trinajstić information content (AvgIpc) is 2.96. The monoisotopic (exact) mass is 527 g/mol. The molecule has 3 aromatic rings. The summed E-state index contributed by atoms with van der Waals surface area (Å²) >= 11 is 0. The molecule has 0 bridgehead atoms. The number of nitrogens with one attached hydrogen (secondary N) is 3. The van der Waals surface area contributed by atoms with E-state index in [-0.39, 0.29) is 24.9 Å². The third-order valence-electron chi connectivity index (χ3n) is 7.35. The molecular formula is C32H37N3O4. The zero-order valence-electron chi connectivity index (χ0n) is 22.4. The van der Waals surface area contributed by atoms with Crippen molar-refractivity contribution in [1.29, 1.82) is 0 Å². The number of benzene rings is 3. The summed E-state index contributed by atoms with van der Waals surface area (Å²) in [5.41, 5.74) is 5.42. The van der Waals surface area contributed by atoms with Crippen LogP contribution in [0.25, 0.3) is 0 Å². The van der Waals surface area contributed by atoms with Gasteiger partial charge < -0.3 is 21.1 Å². The maximum atomic E-state index is 13.1. The van der Waals surface area contributed by atoms with Gasteiger partial charge in [0.15, 0.2) is 0 Å². The van der Waals surface area contributed by atoms with Crippen LogP contribution in [0, 0.1) is 0 Å². The number of carbonyl (C=O) groups excluding carboxylic acids is 2. The molecule has 0 saturated heterocycles. The summed E-state index contributed by atoms with van der Waals surface area (Å²) in [4.78, 5) is 36.2. The summed E-state index contributed by atoms with van der Waals surface area (Å²) in [6, 6.07) is 22.6. The van der Waals surface area contributed by atoms with E-state index in [1.165, 1.54) is 37.7 Å². The molecule has 0 spiro atoms. The van der Waals surface area contributed by atoms with Crippen molar-refractivity contribution in [3.05, 3.63) is 101 Å². The van der Waals surface area contributed by atoms with Gasteiger partial charge in [0.05, 0.1) is 12.5 Å². The highest BCUT2D eigenvalue weighted by Crippen LogP contribution is 2.33. The van der Waals surface area contributed by atoms with Gasteiger partial charge >= 0.3 is 12.0 Å². The molecule has 0 heterocycles. The Balaban J connectivity index is 1.53. The molecule has 7 heteroatoms. The van der Waals surface area contributed by atoms with E-state index in [1.807, 2.05) is 36.4 Å². The summed E-state index contributed by atoms with van der Waals surface area (Å²) in [6.07, 6.45) is 7.03. The molecule has 0 aromatic heterocycles. The van der Waals surface area contributed by atoms with Crippen molar-refractivity contribution in [2.75, 3.05) is 11.9 Å². The van der Waals surface area contributed by atoms with Gasteiger partial charge in [-0.25, -0.2) is 4.79 Å². The van der Waals surface area contributed by atoms with Crippen LogP contribution in [-0.2, 0) is 11.2 Å². The van der Waals surface area contributed by atoms with Crippen LogP contribution < -0.4 is 16.0 Å². The summed E-state index contributed by atoms with van der Waals surface area (Å²) in [7, 11) is 0. The standard InChI is InChI=1S/C32H37N3O4/c1-2-22-7-6-10-28(21-22)34-32(39)35-30(25-13-11-24(12-14-25)23-8-4-3-5-9-23)26-15-17-27(18-16-26)31(38)33-20-19-29(36)37/h6-7,10-18,21,23,30H,2-5,8-9,19-20H2,1H3,(H,33,38)(H,36,37)(H2,34,35,39). The molecule has 3 aromatic carbocycles. The lowest BCUT2D eigenvalue weighted by Crippen LogP contribution is -2.33. The molecule has 3 amide bonds. The van der Waals surface area contributed by atoms with Gasteiger partial charge in [-0.05, 0) is 71.7 Å². The number of amides is 3. The number of carbonyl (C=O) groups is 3. The van der Waals surface area contributed by atoms with Crippen LogP contribution in [0.5, 0.6) is 0 Å². The predicted molar refractivity (Wildman–Crippen MR) is 153 cm³/mol. The van der Waals surface area contributed by atoms with Crippen LogP contribution in [-0.4, -0.2) is 29.6 Å². The minimum Gasteiger partial charge on any atom is -0.481 e. The molecule has 0 radical (unpaired) electrons. The molecule has 1 aliphatic carbocycles. The summed E-state index contributed by atoms with van der Waals surface area (Å²) < 4.78 is 0. The molecule has 4 N–H and O–H groups in total. The van der Waals surface area contributed by atoms with Crippen molar-refractivity contribution >= 4 is 23.6 Å². The van der Waals surface area contributed by atoms with E-state index < -0.39 is 12.0 Å². The minimum absolute atomic E-state index is 0.0623. The summed E-state index contributed by atoms with van der Waals surface area (Å²) in [5, 5.41) is 17.5. The molecule has 204 valence electrons. The lowest BCUT2D eigenvalue weighted by molar-refractivity contribution is -0.136. The predicted octanol–water partition coefficient (Wildman–Crippen LogP) is 6.41. The van der Waals surface area contributed by atoms with Crippen LogP contribution in [0.4, 0.5) is 10.5 Å². The van der Waals surface area contributed by atoms with E-state index in [4.69, 9.17) is 5.11 Å². The smallest absolute Gasteiger partial charge is 0.319 e. The second kappa shape index (κ2) is 13.6. The largest absolute Gasteiger partial charge is 0.481 e. The van der Waals surface area contributed by atoms with Crippen molar-refractivity contribution in [2.24, 2.45) is 0 Å². The molecule has 39 heavy (non-hydrogen) atoms. The number of carboxylic acid groups (broad SMARTS) is 1. The Labute approximate surface area is 230 Å². The fraction of sp³-hybridized carbons (Fsp3) is 0.344. The SMILES string of the molecule is CCc1cccc(NC(=O)NC(c2ccc(C(=O)NCCC(=O)O)cc2)c2ccc(C3CCCCC3)cc2)c1. The molecule has 1 saturated carbocycles. The lowest BCUT2D eigenvalue weighted by Gasteiger charge is -2.24. The number of hydrogen-bond acceptors (Lipinski definition) is 3. The molecular weight excluding hydrogens is 490 g/mol. The van der Waals surface area contributed by atoms with Gasteiger partial charge in [0.1, 0.15) is 0 Å². The Morgan fingerprint density at radius 3 is 2.21 bits per heavy atom. The Kier molecular flexibility index (Phi) is 9.73. The number of hydrogen-bond donors (Lipinski definition) is 4. The maximum absolute atomic E-state index is 13.1. The maximum Gasteiger partial charge on any atom is 0.319 e. The van der Waals surface area contributed by atoms with E-state index >= 15 is 0 Å². The molecule has 7 nitrogen and oxygen atoms in total. The Morgan fingerprint density at radius 2 is 1.56 bits per heavy atom. The Hall–Kier alpha value is -4.13. The van der Waals surface area contributed by atoms with Crippen molar-refractivity contribution in [2.45, 2.75) is 63.8 Å². The van der Waals surface area contributed by atoms with Crippen LogP contribution in [0.2, 0.25) is 0 Å². The first-order chi connectivity index (χ1) is 18.9. The van der Waals surface area contributed by atoms with E-state index in [0.29, 0.717) is 11.5 Å². The fourth-order valence-corrected chi connectivity index (χ4v) is 5.13. The van der Waals surface area contributed by atoms with Crippen LogP contribution in [0.15, 0.2) is 72.8 Å². The first kappa shape index (κ1) is 27.9. The zero-order valence-corrected chi connectivity index (χ0v) is 22.4. The topological polar surface area (TPSA) is 108 Å². The van der Waals surface area contributed by atoms with Gasteiger partial charge in [-0.15, -0.1) is 0 Å². The number of urea groups is 1. The van der Waals surface area contributed by atoms with Gasteiger partial charge in [-0.1, -0.05) is 74.7 Å². The quantitative estimate of drug-likeness (QED) is 0.244. The number of rotatable bonds is 10. The van der Waals surface area contributed by atoms with Gasteiger partial charge in [0.25, 0.3) is 5.91 Å². The van der Waals surface area contributed by atoms with E-state index in [0.717, 1.165) is 28.8 Å². The highest BCUT2D eigenvalue weighted by atomic mass is 16.4. The summed E-state index contributed by atoms with van der Waals surface area (Å²) in [5.74, 6) is -0.710. The van der Waals surface area contributed by atoms with Crippen LogP contribution >= 0.6 is 0 Å². The van der Waals surface area contributed by atoms with Crippen molar-refractivity contribution < 1.29 is 19.5 Å². The number of aryl methyl sites for hydroxylation is 1. The number of carboxylic acids is 1. The van der Waals surface area contributed by atoms with Crippen LogP contribution in [0.3, 0.4) is 0 Å². The zero-order chi connectivity index (χ0) is 27.6. The first-order valence-electron chi connectivity index (χ1n) is 13.8. The molecule has 1 atom stereocenters. The highest BCUT2D eigenvalue weighted by molar-refractivity contribution is 5.94. The third-order valence-corrected chi connectivity index (χ3v) is 7.35. The van der Waals surface area contributed by atoms with Gasteiger partial charge in [0, 0.05) is 17.8 Å². The molecule has 0 aliphatic heterocycles.